The first-order valence-corrected chi connectivity index (χ1v) is 6.88. The molecule has 2 heterocycles. The quantitative estimate of drug-likeness (QED) is 0.614. The summed E-state index contributed by atoms with van der Waals surface area (Å²) in [5, 5.41) is 0. The van der Waals surface area contributed by atoms with Crippen molar-refractivity contribution in [2.24, 2.45) is 5.92 Å². The molecular weight excluding hydrogens is 267 g/mol. The Labute approximate surface area is 115 Å². The molecule has 2 bridgehead atoms. The molecule has 0 spiro atoms. The molecule has 0 amide bonds. The molecular formula is C15H16F3NO. The van der Waals surface area contributed by atoms with Crippen LogP contribution in [-0.4, -0.2) is 29.8 Å². The standard InChI is InChI=1S/C15H16F3NO/c1-19-9-2-3-10(19)5-8(4-9)15(20)11-6-13(17)14(18)7-12(11)16/h6-10H,2-5H2,1H3. The Bertz CT molecular complexity index is 546. The molecule has 108 valence electrons. The predicted molar refractivity (Wildman–Crippen MR) is 67.9 cm³/mol. The summed E-state index contributed by atoms with van der Waals surface area (Å²) in [7, 11) is 2.04. The van der Waals surface area contributed by atoms with Gasteiger partial charge in [0.25, 0.3) is 0 Å². The van der Waals surface area contributed by atoms with E-state index in [4.69, 9.17) is 0 Å². The molecule has 0 aromatic heterocycles. The first-order chi connectivity index (χ1) is 9.47. The molecule has 2 aliphatic heterocycles. The lowest BCUT2D eigenvalue weighted by atomic mass is 9.85. The molecule has 2 fully saturated rings. The second-order valence-corrected chi connectivity index (χ2v) is 5.83. The van der Waals surface area contributed by atoms with Gasteiger partial charge in [0.1, 0.15) is 5.82 Å². The van der Waals surface area contributed by atoms with Crippen molar-refractivity contribution in [2.75, 3.05) is 7.05 Å². The lowest BCUT2D eigenvalue weighted by molar-refractivity contribution is 0.0762. The smallest absolute Gasteiger partial charge is 0.169 e. The van der Waals surface area contributed by atoms with Crippen LogP contribution in [0.1, 0.15) is 36.0 Å². The van der Waals surface area contributed by atoms with Crippen molar-refractivity contribution in [1.82, 2.24) is 4.90 Å². The van der Waals surface area contributed by atoms with Gasteiger partial charge in [-0.1, -0.05) is 0 Å². The van der Waals surface area contributed by atoms with Crippen LogP contribution < -0.4 is 0 Å². The van der Waals surface area contributed by atoms with E-state index in [1.165, 1.54) is 0 Å². The van der Waals surface area contributed by atoms with Crippen molar-refractivity contribution in [3.8, 4) is 0 Å². The molecule has 3 rings (SSSR count). The van der Waals surface area contributed by atoms with Crippen LogP contribution in [0.15, 0.2) is 12.1 Å². The third kappa shape index (κ3) is 2.14. The number of Topliss-reactive ketones (excluding diaryl/α,β-unsaturated/α-hetero) is 1. The number of ketones is 1. The minimum absolute atomic E-state index is 0.289. The van der Waals surface area contributed by atoms with Crippen LogP contribution in [0.3, 0.4) is 0 Å². The summed E-state index contributed by atoms with van der Waals surface area (Å²) in [5.74, 6) is -4.09. The first-order valence-electron chi connectivity index (χ1n) is 6.88. The van der Waals surface area contributed by atoms with E-state index < -0.39 is 23.2 Å². The lowest BCUT2D eigenvalue weighted by Gasteiger charge is -2.35. The second-order valence-electron chi connectivity index (χ2n) is 5.83. The molecule has 0 aliphatic carbocycles. The number of fused-ring (bicyclic) bond motifs is 2. The fourth-order valence-corrected chi connectivity index (χ4v) is 3.56. The van der Waals surface area contributed by atoms with Gasteiger partial charge in [-0.2, -0.15) is 0 Å². The van der Waals surface area contributed by atoms with Crippen LogP contribution in [-0.2, 0) is 0 Å². The van der Waals surface area contributed by atoms with Gasteiger partial charge in [-0.3, -0.25) is 4.79 Å². The topological polar surface area (TPSA) is 20.3 Å². The van der Waals surface area contributed by atoms with Crippen molar-refractivity contribution in [3.63, 3.8) is 0 Å². The van der Waals surface area contributed by atoms with Crippen molar-refractivity contribution < 1.29 is 18.0 Å². The van der Waals surface area contributed by atoms with Crippen molar-refractivity contribution in [2.45, 2.75) is 37.8 Å². The van der Waals surface area contributed by atoms with E-state index in [-0.39, 0.29) is 11.5 Å². The average molecular weight is 283 g/mol. The lowest BCUT2D eigenvalue weighted by Crippen LogP contribution is -2.42. The molecule has 20 heavy (non-hydrogen) atoms. The van der Waals surface area contributed by atoms with E-state index in [9.17, 15) is 18.0 Å². The summed E-state index contributed by atoms with van der Waals surface area (Å²) in [6.45, 7) is 0. The van der Waals surface area contributed by atoms with Crippen molar-refractivity contribution in [1.29, 1.82) is 0 Å². The highest BCUT2D eigenvalue weighted by Gasteiger charge is 2.41. The van der Waals surface area contributed by atoms with Crippen LogP contribution in [0.25, 0.3) is 0 Å². The van der Waals surface area contributed by atoms with E-state index in [1.54, 1.807) is 0 Å². The largest absolute Gasteiger partial charge is 0.300 e. The van der Waals surface area contributed by atoms with Gasteiger partial charge in [0.05, 0.1) is 5.56 Å². The highest BCUT2D eigenvalue weighted by atomic mass is 19.2. The molecule has 5 heteroatoms. The highest BCUT2D eigenvalue weighted by Crippen LogP contribution is 2.38. The molecule has 0 saturated carbocycles. The Morgan fingerprint density at radius 2 is 1.60 bits per heavy atom. The third-order valence-electron chi connectivity index (χ3n) is 4.74. The predicted octanol–water partition coefficient (Wildman–Crippen LogP) is 3.16. The number of carbonyl (C=O) groups excluding carboxylic acids is 1. The van der Waals surface area contributed by atoms with Crippen LogP contribution in [0.4, 0.5) is 13.2 Å². The maximum atomic E-state index is 13.7. The molecule has 0 radical (unpaired) electrons. The Balaban J connectivity index is 1.85. The summed E-state index contributed by atoms with van der Waals surface area (Å²) >= 11 is 0. The highest BCUT2D eigenvalue weighted by molar-refractivity contribution is 5.98. The van der Waals surface area contributed by atoms with Gasteiger partial charge in [-0.25, -0.2) is 13.2 Å². The first kappa shape index (κ1) is 13.6. The van der Waals surface area contributed by atoms with Gasteiger partial charge in [-0.05, 0) is 38.8 Å². The van der Waals surface area contributed by atoms with E-state index in [1.807, 2.05) is 7.05 Å². The SMILES string of the molecule is CN1C2CCC1CC(C(=O)c1cc(F)c(F)cc1F)C2. The second kappa shape index (κ2) is 4.88. The molecule has 0 N–H and O–H groups in total. The summed E-state index contributed by atoms with van der Waals surface area (Å²) in [6, 6.07) is 1.83. The molecule has 2 unspecified atom stereocenters. The number of hydrogen-bond acceptors (Lipinski definition) is 2. The van der Waals surface area contributed by atoms with Gasteiger partial charge in [0.15, 0.2) is 17.4 Å². The molecule has 2 atom stereocenters. The van der Waals surface area contributed by atoms with Gasteiger partial charge in [0.2, 0.25) is 0 Å². The van der Waals surface area contributed by atoms with Crippen LogP contribution in [0.2, 0.25) is 0 Å². The zero-order chi connectivity index (χ0) is 14.4. The molecule has 2 nitrogen and oxygen atoms in total. The maximum absolute atomic E-state index is 13.7. The minimum atomic E-state index is -1.26. The van der Waals surface area contributed by atoms with Crippen LogP contribution >= 0.6 is 0 Å². The molecule has 2 saturated heterocycles. The van der Waals surface area contributed by atoms with Gasteiger partial charge >= 0.3 is 0 Å². The number of hydrogen-bond donors (Lipinski definition) is 0. The van der Waals surface area contributed by atoms with E-state index in [2.05, 4.69) is 4.90 Å². The average Bonchev–Trinajstić information content (AvgIpc) is 2.65. The minimum Gasteiger partial charge on any atom is -0.300 e. The van der Waals surface area contributed by atoms with Crippen molar-refractivity contribution >= 4 is 5.78 Å². The Hall–Kier alpha value is -1.36. The molecule has 2 aliphatic rings. The summed E-state index contributed by atoms with van der Waals surface area (Å²) in [6.07, 6.45) is 3.44. The monoisotopic (exact) mass is 283 g/mol. The fourth-order valence-electron chi connectivity index (χ4n) is 3.56. The van der Waals surface area contributed by atoms with Crippen LogP contribution in [0.5, 0.6) is 0 Å². The number of nitrogens with zero attached hydrogens (tertiary/aromatic N) is 1. The third-order valence-corrected chi connectivity index (χ3v) is 4.74. The Morgan fingerprint density at radius 3 is 2.20 bits per heavy atom. The van der Waals surface area contributed by atoms with Crippen molar-refractivity contribution in [3.05, 3.63) is 35.1 Å². The normalized spacial score (nSPS) is 29.7. The van der Waals surface area contributed by atoms with E-state index in [0.717, 1.165) is 12.8 Å². The number of piperidine rings is 1. The van der Waals surface area contributed by atoms with Gasteiger partial charge < -0.3 is 4.90 Å². The maximum Gasteiger partial charge on any atom is 0.169 e. The number of carbonyl (C=O) groups is 1. The number of halogens is 3. The molecule has 1 aromatic rings. The van der Waals surface area contributed by atoms with Gasteiger partial charge in [0, 0.05) is 24.1 Å². The summed E-state index contributed by atoms with van der Waals surface area (Å²) < 4.78 is 39.8. The number of rotatable bonds is 2. The summed E-state index contributed by atoms with van der Waals surface area (Å²) in [4.78, 5) is 14.6. The fraction of sp³-hybridized carbons (Fsp3) is 0.533. The van der Waals surface area contributed by atoms with E-state index in [0.29, 0.717) is 37.1 Å². The Morgan fingerprint density at radius 1 is 1.05 bits per heavy atom. The zero-order valence-corrected chi connectivity index (χ0v) is 11.2. The number of benzene rings is 1. The molecule has 1 aromatic carbocycles. The van der Waals surface area contributed by atoms with E-state index >= 15 is 0 Å². The summed E-state index contributed by atoms with van der Waals surface area (Å²) in [5.41, 5.74) is -0.321. The van der Waals surface area contributed by atoms with Crippen LogP contribution in [0, 0.1) is 23.4 Å². The van der Waals surface area contributed by atoms with Gasteiger partial charge in [-0.15, -0.1) is 0 Å². The zero-order valence-electron chi connectivity index (χ0n) is 11.2. The Kier molecular flexibility index (Phi) is 3.32.